The summed E-state index contributed by atoms with van der Waals surface area (Å²) in [6, 6.07) is 7.82. The summed E-state index contributed by atoms with van der Waals surface area (Å²) in [5, 5.41) is 0.745. The van der Waals surface area contributed by atoms with Crippen molar-refractivity contribution in [1.29, 1.82) is 0 Å². The number of benzene rings is 1. The average Bonchev–Trinajstić information content (AvgIpc) is 2.46. The van der Waals surface area contributed by atoms with Crippen LogP contribution in [0.15, 0.2) is 24.3 Å². The third-order valence-corrected chi connectivity index (χ3v) is 7.45. The van der Waals surface area contributed by atoms with Gasteiger partial charge in [0.1, 0.15) is 0 Å². The lowest BCUT2D eigenvalue weighted by Gasteiger charge is -2.60. The molecule has 2 nitrogen and oxygen atoms in total. The second kappa shape index (κ2) is 5.49. The molecule has 4 fully saturated rings. The molecule has 23 heavy (non-hydrogen) atoms. The molecular weight excluding hydrogens is 374 g/mol. The molecule has 124 valence electrons. The molecule has 0 spiro atoms. The Morgan fingerprint density at radius 3 is 2.52 bits per heavy atom. The highest BCUT2D eigenvalue weighted by molar-refractivity contribution is 9.10. The van der Waals surface area contributed by atoms with Crippen molar-refractivity contribution < 1.29 is 4.79 Å². The Morgan fingerprint density at radius 1 is 1.26 bits per heavy atom. The van der Waals surface area contributed by atoms with Crippen LogP contribution >= 0.6 is 27.5 Å². The number of hydrogen-bond donors (Lipinski definition) is 0. The maximum Gasteiger partial charge on any atom is 0.228 e. The molecule has 4 aliphatic carbocycles. The number of amides is 1. The van der Waals surface area contributed by atoms with E-state index in [-0.39, 0.29) is 9.74 Å². The zero-order valence-electron chi connectivity index (χ0n) is 13.5. The summed E-state index contributed by atoms with van der Waals surface area (Å²) in [4.78, 5) is 15.2. The molecule has 0 aromatic heterocycles. The molecule has 0 N–H and O–H groups in total. The van der Waals surface area contributed by atoms with Gasteiger partial charge >= 0.3 is 0 Å². The quantitative estimate of drug-likeness (QED) is 0.656. The first-order chi connectivity index (χ1) is 10.9. The highest BCUT2D eigenvalue weighted by atomic mass is 79.9. The van der Waals surface area contributed by atoms with Gasteiger partial charge in [-0.25, -0.2) is 0 Å². The van der Waals surface area contributed by atoms with Crippen LogP contribution in [0.3, 0.4) is 0 Å². The fraction of sp³-hybridized carbons (Fsp3) is 0.632. The van der Waals surface area contributed by atoms with Crippen molar-refractivity contribution in [2.75, 3.05) is 7.05 Å². The third kappa shape index (κ3) is 2.74. The summed E-state index contributed by atoms with van der Waals surface area (Å²) in [6.45, 7) is 0.602. The molecule has 4 saturated carbocycles. The van der Waals surface area contributed by atoms with Gasteiger partial charge in [-0.3, -0.25) is 4.79 Å². The summed E-state index contributed by atoms with van der Waals surface area (Å²) < 4.78 is 0.220. The first-order valence-electron chi connectivity index (χ1n) is 8.57. The Hall–Kier alpha value is -0.540. The van der Waals surface area contributed by atoms with Crippen LogP contribution in [0, 0.1) is 17.3 Å². The molecular formula is C19H23BrClNO. The smallest absolute Gasteiger partial charge is 0.228 e. The van der Waals surface area contributed by atoms with Gasteiger partial charge in [0.05, 0.1) is 5.41 Å². The van der Waals surface area contributed by atoms with E-state index in [2.05, 4.69) is 15.9 Å². The van der Waals surface area contributed by atoms with Crippen LogP contribution in [0.25, 0.3) is 0 Å². The van der Waals surface area contributed by atoms with Gasteiger partial charge in [0.2, 0.25) is 5.91 Å². The highest BCUT2D eigenvalue weighted by Gasteiger charge is 2.60. The van der Waals surface area contributed by atoms with Gasteiger partial charge in [0, 0.05) is 22.9 Å². The van der Waals surface area contributed by atoms with E-state index in [9.17, 15) is 4.79 Å². The fourth-order valence-electron chi connectivity index (χ4n) is 5.76. The van der Waals surface area contributed by atoms with Crippen LogP contribution in [0.5, 0.6) is 0 Å². The van der Waals surface area contributed by atoms with Crippen LogP contribution < -0.4 is 0 Å². The Morgan fingerprint density at radius 2 is 1.91 bits per heavy atom. The Bertz CT molecular complexity index is 632. The second-order valence-corrected chi connectivity index (χ2v) is 10.2. The van der Waals surface area contributed by atoms with E-state index in [1.165, 1.54) is 19.3 Å². The van der Waals surface area contributed by atoms with Gasteiger partial charge in [0.25, 0.3) is 0 Å². The summed E-state index contributed by atoms with van der Waals surface area (Å²) in [7, 11) is 1.94. The lowest BCUT2D eigenvalue weighted by molar-refractivity contribution is -0.154. The van der Waals surface area contributed by atoms with Crippen LogP contribution in [0.2, 0.25) is 5.02 Å². The van der Waals surface area contributed by atoms with E-state index in [1.54, 1.807) is 0 Å². The van der Waals surface area contributed by atoms with Gasteiger partial charge in [-0.05, 0) is 62.0 Å². The van der Waals surface area contributed by atoms with Crippen LogP contribution in [0.1, 0.15) is 44.1 Å². The summed E-state index contributed by atoms with van der Waals surface area (Å²) in [5.74, 6) is 1.79. The Balaban J connectivity index is 1.56. The predicted molar refractivity (Wildman–Crippen MR) is 96.7 cm³/mol. The van der Waals surface area contributed by atoms with E-state index < -0.39 is 0 Å². The molecule has 0 aliphatic heterocycles. The van der Waals surface area contributed by atoms with Gasteiger partial charge in [-0.1, -0.05) is 45.7 Å². The van der Waals surface area contributed by atoms with Gasteiger partial charge < -0.3 is 4.90 Å². The molecule has 0 radical (unpaired) electrons. The van der Waals surface area contributed by atoms with Crippen molar-refractivity contribution in [1.82, 2.24) is 4.90 Å². The first-order valence-corrected chi connectivity index (χ1v) is 9.74. The van der Waals surface area contributed by atoms with Crippen molar-refractivity contribution in [2.24, 2.45) is 17.3 Å². The van der Waals surface area contributed by atoms with Crippen LogP contribution in [-0.2, 0) is 11.3 Å². The molecule has 4 heteroatoms. The molecule has 1 amide bonds. The Labute approximate surface area is 151 Å². The molecule has 2 unspecified atom stereocenters. The molecule has 4 aliphatic rings. The number of carbonyl (C=O) groups excluding carboxylic acids is 1. The molecule has 5 rings (SSSR count). The molecule has 1 aromatic rings. The maximum atomic E-state index is 13.3. The van der Waals surface area contributed by atoms with Crippen molar-refractivity contribution >= 4 is 33.4 Å². The molecule has 0 saturated heterocycles. The number of nitrogens with zero attached hydrogens (tertiary/aromatic N) is 1. The van der Waals surface area contributed by atoms with E-state index in [4.69, 9.17) is 11.6 Å². The zero-order valence-corrected chi connectivity index (χ0v) is 15.9. The summed E-state index contributed by atoms with van der Waals surface area (Å²) in [5.41, 5.74) is 0.896. The highest BCUT2D eigenvalue weighted by Crippen LogP contribution is 2.64. The van der Waals surface area contributed by atoms with Crippen molar-refractivity contribution in [3.8, 4) is 0 Å². The SMILES string of the molecule is CN(Cc1ccccc1Cl)C(=O)C12CC3CC(CC(Br)(C3)C1)C2. The van der Waals surface area contributed by atoms with E-state index >= 15 is 0 Å². The average molecular weight is 397 g/mol. The van der Waals surface area contributed by atoms with E-state index in [1.807, 2.05) is 36.2 Å². The van der Waals surface area contributed by atoms with E-state index in [0.717, 1.165) is 41.7 Å². The number of halogens is 2. The monoisotopic (exact) mass is 395 g/mol. The molecule has 0 heterocycles. The number of carbonyl (C=O) groups is 1. The van der Waals surface area contributed by atoms with Gasteiger partial charge in [0.15, 0.2) is 0 Å². The maximum absolute atomic E-state index is 13.3. The lowest BCUT2D eigenvalue weighted by atomic mass is 9.49. The van der Waals surface area contributed by atoms with Crippen LogP contribution in [-0.4, -0.2) is 22.2 Å². The largest absolute Gasteiger partial charge is 0.341 e. The minimum atomic E-state index is -0.135. The molecule has 1 aromatic carbocycles. The number of rotatable bonds is 3. The number of alkyl halides is 1. The van der Waals surface area contributed by atoms with Gasteiger partial charge in [-0.2, -0.15) is 0 Å². The number of hydrogen-bond acceptors (Lipinski definition) is 1. The van der Waals surface area contributed by atoms with E-state index in [0.29, 0.717) is 12.5 Å². The van der Waals surface area contributed by atoms with Crippen molar-refractivity contribution in [2.45, 2.75) is 49.4 Å². The first kappa shape index (κ1) is 16.0. The normalized spacial score (nSPS) is 37.9. The minimum absolute atomic E-state index is 0.135. The fourth-order valence-corrected chi connectivity index (χ4v) is 7.41. The van der Waals surface area contributed by atoms with Gasteiger partial charge in [-0.15, -0.1) is 0 Å². The summed E-state index contributed by atoms with van der Waals surface area (Å²) >= 11 is 10.3. The second-order valence-electron chi connectivity index (χ2n) is 8.14. The topological polar surface area (TPSA) is 20.3 Å². The van der Waals surface area contributed by atoms with Crippen molar-refractivity contribution in [3.05, 3.63) is 34.9 Å². The van der Waals surface area contributed by atoms with Crippen LogP contribution in [0.4, 0.5) is 0 Å². The minimum Gasteiger partial charge on any atom is -0.341 e. The summed E-state index contributed by atoms with van der Waals surface area (Å²) in [6.07, 6.45) is 7.03. The molecule has 4 bridgehead atoms. The van der Waals surface area contributed by atoms with Crippen molar-refractivity contribution in [3.63, 3.8) is 0 Å². The lowest BCUT2D eigenvalue weighted by Crippen LogP contribution is -2.58. The predicted octanol–water partition coefficient (Wildman–Crippen LogP) is 5.03. The standard InChI is InChI=1S/C19H23BrClNO/c1-22(11-15-4-2-3-5-16(15)21)17(23)18-7-13-6-14(8-18)10-19(20,9-13)12-18/h2-5,13-14H,6-12H2,1H3. The Kier molecular flexibility index (Phi) is 3.81. The molecule has 2 atom stereocenters. The third-order valence-electron chi connectivity index (χ3n) is 6.16. The zero-order chi connectivity index (χ0) is 16.2.